The zero-order valence-electron chi connectivity index (χ0n) is 12.4. The second-order valence-electron chi connectivity index (χ2n) is 6.54. The number of anilines is 1. The number of hydrogen-bond donors (Lipinski definition) is 2. The van der Waals surface area contributed by atoms with Crippen molar-refractivity contribution < 1.29 is 14.3 Å². The number of aromatic nitrogens is 1. The van der Waals surface area contributed by atoms with Crippen LogP contribution in [0, 0.1) is 5.92 Å². The molecule has 1 heterocycles. The normalized spacial score (nSPS) is 25.3. The van der Waals surface area contributed by atoms with Crippen molar-refractivity contribution in [3.63, 3.8) is 0 Å². The van der Waals surface area contributed by atoms with Crippen LogP contribution in [0.4, 0.5) is 5.69 Å². The molecule has 1 aromatic heterocycles. The Kier molecular flexibility index (Phi) is 3.28. The minimum Gasteiger partial charge on any atom is -0.481 e. The Bertz CT molecular complexity index is 697. The maximum atomic E-state index is 11.0. The molecule has 0 unspecified atom stereocenters. The Labute approximate surface area is 128 Å². The Balaban J connectivity index is 1.44. The van der Waals surface area contributed by atoms with Gasteiger partial charge in [-0.15, -0.1) is 0 Å². The summed E-state index contributed by atoms with van der Waals surface area (Å²) in [6.07, 6.45) is 5.68. The van der Waals surface area contributed by atoms with Gasteiger partial charge in [-0.3, -0.25) is 4.79 Å². The maximum Gasteiger partial charge on any atom is 0.306 e. The van der Waals surface area contributed by atoms with E-state index >= 15 is 0 Å². The van der Waals surface area contributed by atoms with Gasteiger partial charge in [0.1, 0.15) is 5.52 Å². The van der Waals surface area contributed by atoms with Crippen LogP contribution in [0.2, 0.25) is 0 Å². The van der Waals surface area contributed by atoms with E-state index in [1.807, 2.05) is 18.2 Å². The van der Waals surface area contributed by atoms with Crippen molar-refractivity contribution >= 4 is 22.8 Å². The summed E-state index contributed by atoms with van der Waals surface area (Å²) in [5.41, 5.74) is 2.79. The molecular formula is C17H20N2O3. The molecule has 2 saturated carbocycles. The molecule has 116 valence electrons. The molecule has 2 aliphatic rings. The minimum absolute atomic E-state index is 0.170. The van der Waals surface area contributed by atoms with Crippen molar-refractivity contribution in [3.05, 3.63) is 24.1 Å². The quantitative estimate of drug-likeness (QED) is 0.899. The van der Waals surface area contributed by atoms with Gasteiger partial charge in [-0.2, -0.15) is 0 Å². The molecule has 22 heavy (non-hydrogen) atoms. The van der Waals surface area contributed by atoms with Crippen molar-refractivity contribution in [2.75, 3.05) is 5.32 Å². The first-order valence-electron chi connectivity index (χ1n) is 8.09. The van der Waals surface area contributed by atoms with Crippen molar-refractivity contribution in [2.24, 2.45) is 5.92 Å². The van der Waals surface area contributed by atoms with E-state index in [2.05, 4.69) is 10.3 Å². The number of carboxylic acids is 1. The summed E-state index contributed by atoms with van der Waals surface area (Å²) in [4.78, 5) is 15.5. The summed E-state index contributed by atoms with van der Waals surface area (Å²) >= 11 is 0. The number of benzene rings is 1. The van der Waals surface area contributed by atoms with Crippen LogP contribution in [0.25, 0.3) is 11.1 Å². The average Bonchev–Trinajstić information content (AvgIpc) is 3.28. The lowest BCUT2D eigenvalue weighted by atomic mass is 9.86. The number of nitrogens with one attached hydrogen (secondary N) is 1. The van der Waals surface area contributed by atoms with Crippen molar-refractivity contribution in [1.82, 2.24) is 4.98 Å². The monoisotopic (exact) mass is 300 g/mol. The lowest BCUT2D eigenvalue weighted by Gasteiger charge is -2.27. The van der Waals surface area contributed by atoms with E-state index in [4.69, 9.17) is 9.52 Å². The smallest absolute Gasteiger partial charge is 0.306 e. The minimum atomic E-state index is -0.658. The second-order valence-corrected chi connectivity index (χ2v) is 6.54. The summed E-state index contributed by atoms with van der Waals surface area (Å²) in [5, 5.41) is 12.6. The maximum absolute atomic E-state index is 11.0. The first kappa shape index (κ1) is 13.6. The zero-order chi connectivity index (χ0) is 15.1. The number of rotatable bonds is 4. The predicted octanol–water partition coefficient (Wildman–Crippen LogP) is 3.76. The van der Waals surface area contributed by atoms with Gasteiger partial charge in [0.25, 0.3) is 0 Å². The van der Waals surface area contributed by atoms with Gasteiger partial charge in [0.2, 0.25) is 0 Å². The first-order valence-corrected chi connectivity index (χ1v) is 8.09. The van der Waals surface area contributed by atoms with Crippen LogP contribution in [-0.4, -0.2) is 22.1 Å². The van der Waals surface area contributed by atoms with Crippen LogP contribution >= 0.6 is 0 Å². The third kappa shape index (κ3) is 2.67. The van der Waals surface area contributed by atoms with Gasteiger partial charge in [-0.1, -0.05) is 0 Å². The van der Waals surface area contributed by atoms with Crippen LogP contribution in [-0.2, 0) is 4.79 Å². The molecule has 0 radical (unpaired) electrons. The summed E-state index contributed by atoms with van der Waals surface area (Å²) in [5.74, 6) is 0.564. The van der Waals surface area contributed by atoms with E-state index in [9.17, 15) is 4.79 Å². The third-order valence-electron chi connectivity index (χ3n) is 4.78. The molecule has 0 aliphatic heterocycles. The van der Waals surface area contributed by atoms with E-state index in [-0.39, 0.29) is 5.92 Å². The zero-order valence-corrected chi connectivity index (χ0v) is 12.4. The molecule has 2 fully saturated rings. The first-order chi connectivity index (χ1) is 10.7. The molecule has 1 aromatic carbocycles. The Hall–Kier alpha value is -2.04. The van der Waals surface area contributed by atoms with Gasteiger partial charge in [-0.05, 0) is 50.7 Å². The number of oxazole rings is 1. The summed E-state index contributed by atoms with van der Waals surface area (Å²) in [6.45, 7) is 0. The molecule has 0 spiro atoms. The van der Waals surface area contributed by atoms with Crippen LogP contribution < -0.4 is 5.32 Å². The molecule has 5 heteroatoms. The molecule has 0 atom stereocenters. The summed E-state index contributed by atoms with van der Waals surface area (Å²) in [6, 6.07) is 6.39. The lowest BCUT2D eigenvalue weighted by molar-refractivity contribution is -0.142. The van der Waals surface area contributed by atoms with E-state index in [0.717, 1.165) is 48.4 Å². The lowest BCUT2D eigenvalue weighted by Crippen LogP contribution is -2.29. The van der Waals surface area contributed by atoms with E-state index in [0.29, 0.717) is 12.0 Å². The topological polar surface area (TPSA) is 75.4 Å². The number of aliphatic carboxylic acids is 1. The molecular weight excluding hydrogens is 280 g/mol. The number of carbonyl (C=O) groups is 1. The van der Waals surface area contributed by atoms with Gasteiger partial charge >= 0.3 is 5.97 Å². The Morgan fingerprint density at radius 1 is 1.18 bits per heavy atom. The Morgan fingerprint density at radius 2 is 1.95 bits per heavy atom. The fourth-order valence-electron chi connectivity index (χ4n) is 3.26. The fraction of sp³-hybridized carbons (Fsp3) is 0.529. The van der Waals surface area contributed by atoms with Gasteiger partial charge in [0.05, 0.1) is 5.92 Å². The van der Waals surface area contributed by atoms with E-state index in [1.54, 1.807) is 0 Å². The molecule has 2 aromatic rings. The number of carboxylic acid groups (broad SMARTS) is 1. The van der Waals surface area contributed by atoms with Crippen LogP contribution in [0.3, 0.4) is 0 Å². The van der Waals surface area contributed by atoms with Crippen LogP contribution in [0.5, 0.6) is 0 Å². The highest BCUT2D eigenvalue weighted by molar-refractivity contribution is 5.77. The number of fused-ring (bicyclic) bond motifs is 1. The Morgan fingerprint density at radius 3 is 2.64 bits per heavy atom. The number of nitrogens with zero attached hydrogens (tertiary/aromatic N) is 1. The SMILES string of the molecule is O=C(O)C1CCC(Nc2ccc3nc(C4CC4)oc3c2)CC1. The molecule has 0 saturated heterocycles. The van der Waals surface area contributed by atoms with E-state index in [1.165, 1.54) is 12.8 Å². The highest BCUT2D eigenvalue weighted by Gasteiger charge is 2.29. The van der Waals surface area contributed by atoms with E-state index < -0.39 is 5.97 Å². The predicted molar refractivity (Wildman–Crippen MR) is 83.0 cm³/mol. The average molecular weight is 300 g/mol. The largest absolute Gasteiger partial charge is 0.481 e. The van der Waals surface area contributed by atoms with Crippen LogP contribution in [0.1, 0.15) is 50.3 Å². The molecule has 2 aliphatic carbocycles. The summed E-state index contributed by atoms with van der Waals surface area (Å²) < 4.78 is 5.84. The van der Waals surface area contributed by atoms with Crippen LogP contribution in [0.15, 0.2) is 22.6 Å². The summed E-state index contributed by atoms with van der Waals surface area (Å²) in [7, 11) is 0. The highest BCUT2D eigenvalue weighted by Crippen LogP contribution is 2.40. The molecule has 4 rings (SSSR count). The molecule has 5 nitrogen and oxygen atoms in total. The number of hydrogen-bond acceptors (Lipinski definition) is 4. The highest BCUT2D eigenvalue weighted by atomic mass is 16.4. The fourth-order valence-corrected chi connectivity index (χ4v) is 3.26. The molecule has 0 amide bonds. The van der Waals surface area contributed by atoms with Gasteiger partial charge < -0.3 is 14.8 Å². The van der Waals surface area contributed by atoms with Gasteiger partial charge in [-0.25, -0.2) is 4.98 Å². The molecule has 2 N–H and O–H groups in total. The van der Waals surface area contributed by atoms with Crippen molar-refractivity contribution in [3.8, 4) is 0 Å². The van der Waals surface area contributed by atoms with Gasteiger partial charge in [0.15, 0.2) is 11.5 Å². The standard InChI is InChI=1S/C17H20N2O3/c20-17(21)11-3-5-12(6-4-11)18-13-7-8-14-15(9-13)22-16(19-14)10-1-2-10/h7-12,18H,1-6H2,(H,20,21). The molecule has 0 bridgehead atoms. The van der Waals surface area contributed by atoms with Crippen molar-refractivity contribution in [2.45, 2.75) is 50.5 Å². The van der Waals surface area contributed by atoms with Gasteiger partial charge in [0, 0.05) is 23.7 Å². The van der Waals surface area contributed by atoms with Crippen molar-refractivity contribution in [1.29, 1.82) is 0 Å². The second kappa shape index (κ2) is 5.30. The third-order valence-corrected chi connectivity index (χ3v) is 4.78.